The van der Waals surface area contributed by atoms with Gasteiger partial charge in [-0.3, -0.25) is 4.79 Å². The van der Waals surface area contributed by atoms with Gasteiger partial charge >= 0.3 is 0 Å². The third-order valence-electron chi connectivity index (χ3n) is 5.00. The molecule has 1 aliphatic carbocycles. The molecular weight excluding hydrogens is 343 g/mol. The lowest BCUT2D eigenvalue weighted by atomic mass is 9.95. The van der Waals surface area contributed by atoms with Crippen LogP contribution in [0, 0.1) is 5.82 Å². The summed E-state index contributed by atoms with van der Waals surface area (Å²) in [6.45, 7) is 0. The molecule has 138 valence electrons. The van der Waals surface area contributed by atoms with Crippen LogP contribution in [-0.2, 0) is 0 Å². The number of carbonyl (C=O) groups is 1. The Balaban J connectivity index is 1.52. The van der Waals surface area contributed by atoms with Crippen LogP contribution in [-0.4, -0.2) is 26.9 Å². The van der Waals surface area contributed by atoms with Crippen LogP contribution in [0.2, 0.25) is 0 Å². The maximum Gasteiger partial charge on any atom is 0.251 e. The normalized spacial score (nSPS) is 14.9. The molecule has 2 aromatic carbocycles. The summed E-state index contributed by atoms with van der Waals surface area (Å²) in [5.41, 5.74) is 3.00. The minimum absolute atomic E-state index is 0.0363. The summed E-state index contributed by atoms with van der Waals surface area (Å²) < 4.78 is 14.8. The van der Waals surface area contributed by atoms with Gasteiger partial charge in [0, 0.05) is 17.2 Å². The van der Waals surface area contributed by atoms with Gasteiger partial charge in [-0.2, -0.15) is 0 Å². The van der Waals surface area contributed by atoms with Gasteiger partial charge in [-0.1, -0.05) is 24.5 Å². The number of nitrogens with one attached hydrogen (secondary N) is 1. The zero-order chi connectivity index (χ0) is 18.6. The summed E-state index contributed by atoms with van der Waals surface area (Å²) in [5.74, 6) is -0.322. The standard InChI is InChI=1S/C21H21FN4O/c22-17-10-6-15(7-11-17)20-14-23-25-26(20)19-12-8-16(9-13-19)21(27)24-18-4-2-1-3-5-18/h6-14,18H,1-5H2,(H,24,27). The van der Waals surface area contributed by atoms with Gasteiger partial charge in [0.25, 0.3) is 5.91 Å². The molecule has 27 heavy (non-hydrogen) atoms. The molecule has 1 heterocycles. The Kier molecular flexibility index (Phi) is 4.96. The molecule has 6 heteroatoms. The Labute approximate surface area is 157 Å². The van der Waals surface area contributed by atoms with E-state index in [0.717, 1.165) is 29.8 Å². The number of aromatic nitrogens is 3. The average molecular weight is 364 g/mol. The molecule has 0 spiro atoms. The highest BCUT2D eigenvalue weighted by Crippen LogP contribution is 2.22. The third kappa shape index (κ3) is 3.89. The largest absolute Gasteiger partial charge is 0.349 e. The van der Waals surface area contributed by atoms with Gasteiger partial charge in [-0.25, -0.2) is 9.07 Å². The third-order valence-corrected chi connectivity index (χ3v) is 5.00. The second kappa shape index (κ2) is 7.70. The molecule has 1 aromatic heterocycles. The molecule has 4 rings (SSSR count). The van der Waals surface area contributed by atoms with Gasteiger partial charge in [0.2, 0.25) is 0 Å². The van der Waals surface area contributed by atoms with E-state index in [4.69, 9.17) is 0 Å². The quantitative estimate of drug-likeness (QED) is 0.757. The number of halogens is 1. The van der Waals surface area contributed by atoms with E-state index >= 15 is 0 Å². The molecular formula is C21H21FN4O. The van der Waals surface area contributed by atoms with E-state index in [9.17, 15) is 9.18 Å². The van der Waals surface area contributed by atoms with Crippen molar-refractivity contribution < 1.29 is 9.18 Å². The summed E-state index contributed by atoms with van der Waals surface area (Å²) in [7, 11) is 0. The van der Waals surface area contributed by atoms with Gasteiger partial charge in [-0.15, -0.1) is 5.10 Å². The Morgan fingerprint density at radius 1 is 1.00 bits per heavy atom. The molecule has 0 bridgehead atoms. The van der Waals surface area contributed by atoms with Crippen molar-refractivity contribution in [3.05, 3.63) is 66.1 Å². The maximum atomic E-state index is 13.2. The minimum atomic E-state index is -0.286. The monoisotopic (exact) mass is 364 g/mol. The van der Waals surface area contributed by atoms with E-state index < -0.39 is 0 Å². The fourth-order valence-corrected chi connectivity index (χ4v) is 3.51. The van der Waals surface area contributed by atoms with Crippen molar-refractivity contribution in [2.75, 3.05) is 0 Å². The van der Waals surface area contributed by atoms with Crippen molar-refractivity contribution in [1.82, 2.24) is 20.3 Å². The zero-order valence-electron chi connectivity index (χ0n) is 14.9. The topological polar surface area (TPSA) is 59.8 Å². The summed E-state index contributed by atoms with van der Waals surface area (Å²) in [6, 6.07) is 13.8. The first kappa shape index (κ1) is 17.4. The van der Waals surface area contributed by atoms with Crippen molar-refractivity contribution in [2.24, 2.45) is 0 Å². The first-order valence-electron chi connectivity index (χ1n) is 9.29. The number of hydrogen-bond acceptors (Lipinski definition) is 3. The molecule has 1 amide bonds. The van der Waals surface area contributed by atoms with Crippen LogP contribution in [0.1, 0.15) is 42.5 Å². The summed E-state index contributed by atoms with van der Waals surface area (Å²) in [6.07, 6.45) is 7.38. The highest BCUT2D eigenvalue weighted by atomic mass is 19.1. The number of amides is 1. The van der Waals surface area contributed by atoms with E-state index in [1.807, 2.05) is 12.1 Å². The van der Waals surface area contributed by atoms with E-state index in [-0.39, 0.29) is 17.8 Å². The minimum Gasteiger partial charge on any atom is -0.349 e. The predicted molar refractivity (Wildman–Crippen MR) is 101 cm³/mol. The Hall–Kier alpha value is -3.02. The smallest absolute Gasteiger partial charge is 0.251 e. The lowest BCUT2D eigenvalue weighted by Crippen LogP contribution is -2.36. The lowest BCUT2D eigenvalue weighted by Gasteiger charge is -2.22. The maximum absolute atomic E-state index is 13.2. The van der Waals surface area contributed by atoms with Gasteiger partial charge in [0.05, 0.1) is 17.6 Å². The molecule has 1 N–H and O–H groups in total. The van der Waals surface area contributed by atoms with Crippen LogP contribution in [0.4, 0.5) is 4.39 Å². The van der Waals surface area contributed by atoms with E-state index in [2.05, 4.69) is 15.6 Å². The molecule has 0 unspecified atom stereocenters. The molecule has 0 radical (unpaired) electrons. The van der Waals surface area contributed by atoms with Crippen LogP contribution < -0.4 is 5.32 Å². The average Bonchev–Trinajstić information content (AvgIpc) is 3.19. The van der Waals surface area contributed by atoms with Crippen molar-refractivity contribution in [2.45, 2.75) is 38.1 Å². The summed E-state index contributed by atoms with van der Waals surface area (Å²) in [5, 5.41) is 11.2. The van der Waals surface area contributed by atoms with E-state index in [1.165, 1.54) is 31.4 Å². The Bertz CT molecular complexity index is 912. The van der Waals surface area contributed by atoms with Crippen molar-refractivity contribution in [3.63, 3.8) is 0 Å². The van der Waals surface area contributed by atoms with Crippen LogP contribution in [0.15, 0.2) is 54.7 Å². The lowest BCUT2D eigenvalue weighted by molar-refractivity contribution is 0.0927. The second-order valence-corrected chi connectivity index (χ2v) is 6.89. The number of nitrogens with zero attached hydrogens (tertiary/aromatic N) is 3. The number of hydrogen-bond donors (Lipinski definition) is 1. The van der Waals surface area contributed by atoms with E-state index in [1.54, 1.807) is 35.1 Å². The highest BCUT2D eigenvalue weighted by Gasteiger charge is 2.17. The molecule has 0 atom stereocenters. The van der Waals surface area contributed by atoms with Crippen LogP contribution >= 0.6 is 0 Å². The van der Waals surface area contributed by atoms with Gasteiger partial charge in [0.15, 0.2) is 0 Å². The zero-order valence-corrected chi connectivity index (χ0v) is 14.9. The highest BCUT2D eigenvalue weighted by molar-refractivity contribution is 5.94. The van der Waals surface area contributed by atoms with Crippen LogP contribution in [0.3, 0.4) is 0 Å². The molecule has 1 saturated carbocycles. The van der Waals surface area contributed by atoms with Crippen LogP contribution in [0.5, 0.6) is 0 Å². The van der Waals surface area contributed by atoms with Crippen LogP contribution in [0.25, 0.3) is 16.9 Å². The van der Waals surface area contributed by atoms with Crippen molar-refractivity contribution in [3.8, 4) is 16.9 Å². The van der Waals surface area contributed by atoms with Crippen molar-refractivity contribution >= 4 is 5.91 Å². The van der Waals surface area contributed by atoms with Gasteiger partial charge in [0.1, 0.15) is 5.82 Å². The number of rotatable bonds is 4. The molecule has 5 nitrogen and oxygen atoms in total. The molecule has 0 aliphatic heterocycles. The predicted octanol–water partition coefficient (Wildman–Crippen LogP) is 4.14. The fraction of sp³-hybridized carbons (Fsp3) is 0.286. The summed E-state index contributed by atoms with van der Waals surface area (Å²) in [4.78, 5) is 12.4. The molecule has 0 saturated heterocycles. The second-order valence-electron chi connectivity index (χ2n) is 6.89. The van der Waals surface area contributed by atoms with E-state index in [0.29, 0.717) is 5.56 Å². The first-order valence-corrected chi connectivity index (χ1v) is 9.29. The Morgan fingerprint density at radius 2 is 1.70 bits per heavy atom. The van der Waals surface area contributed by atoms with Gasteiger partial charge < -0.3 is 5.32 Å². The molecule has 3 aromatic rings. The molecule has 1 aliphatic rings. The molecule has 1 fully saturated rings. The van der Waals surface area contributed by atoms with Gasteiger partial charge in [-0.05, 0) is 61.4 Å². The number of benzene rings is 2. The fourth-order valence-electron chi connectivity index (χ4n) is 3.51. The SMILES string of the molecule is O=C(NC1CCCCC1)c1ccc(-n2nncc2-c2ccc(F)cc2)cc1. The first-order chi connectivity index (χ1) is 13.2. The number of carbonyl (C=O) groups excluding carboxylic acids is 1. The Morgan fingerprint density at radius 3 is 2.41 bits per heavy atom. The van der Waals surface area contributed by atoms with Crippen molar-refractivity contribution in [1.29, 1.82) is 0 Å². The summed E-state index contributed by atoms with van der Waals surface area (Å²) >= 11 is 0.